The van der Waals surface area contributed by atoms with E-state index < -0.39 is 0 Å². The second kappa shape index (κ2) is 7.72. The summed E-state index contributed by atoms with van der Waals surface area (Å²) >= 11 is 0. The number of aromatic nitrogens is 3. The highest BCUT2D eigenvalue weighted by Gasteiger charge is 2.10. The number of pyridine rings is 3. The highest BCUT2D eigenvalue weighted by Crippen LogP contribution is 2.32. The van der Waals surface area contributed by atoms with Crippen LogP contribution in [0.4, 0.5) is 17.1 Å². The number of anilines is 3. The molecule has 0 atom stereocenters. The lowest BCUT2D eigenvalue weighted by Crippen LogP contribution is -2.09. The van der Waals surface area contributed by atoms with Crippen molar-refractivity contribution in [2.24, 2.45) is 0 Å². The van der Waals surface area contributed by atoms with Gasteiger partial charge in [0.25, 0.3) is 0 Å². The Balaban J connectivity index is 0.000000774. The van der Waals surface area contributed by atoms with Crippen molar-refractivity contribution in [1.82, 2.24) is 15.0 Å². The van der Waals surface area contributed by atoms with Crippen LogP contribution in [0.1, 0.15) is 0 Å². The van der Waals surface area contributed by atoms with E-state index in [1.54, 1.807) is 37.2 Å². The molecule has 5 nitrogen and oxygen atoms in total. The van der Waals surface area contributed by atoms with Gasteiger partial charge in [-0.25, -0.2) is 0 Å². The maximum Gasteiger partial charge on any atom is 0.0492 e. The average molecular weight is 280 g/mol. The third-order valence-corrected chi connectivity index (χ3v) is 2.76. The predicted molar refractivity (Wildman–Crippen MR) is 82.7 cm³/mol. The first-order valence-electron chi connectivity index (χ1n) is 6.40. The fourth-order valence-electron chi connectivity index (χ4n) is 1.93. The Hall–Kier alpha value is -2.79. The molecule has 3 aromatic heterocycles. The molecule has 3 rings (SSSR count). The van der Waals surface area contributed by atoms with Gasteiger partial charge >= 0.3 is 0 Å². The van der Waals surface area contributed by atoms with Crippen LogP contribution in [0.2, 0.25) is 0 Å². The zero-order valence-corrected chi connectivity index (χ0v) is 11.7. The molecule has 0 unspecified atom stereocenters. The van der Waals surface area contributed by atoms with Crippen molar-refractivity contribution in [1.29, 1.82) is 0 Å². The van der Waals surface area contributed by atoms with Gasteiger partial charge in [0.05, 0.1) is 0 Å². The summed E-state index contributed by atoms with van der Waals surface area (Å²) in [5.41, 5.74) is 3.15. The summed E-state index contributed by atoms with van der Waals surface area (Å²) in [6.07, 6.45) is 10.7. The van der Waals surface area contributed by atoms with Crippen LogP contribution in [0.5, 0.6) is 0 Å². The van der Waals surface area contributed by atoms with Crippen molar-refractivity contribution in [2.45, 2.75) is 0 Å². The van der Waals surface area contributed by atoms with E-state index in [9.17, 15) is 0 Å². The number of aliphatic hydroxyl groups is 1. The number of aliphatic hydroxyl groups excluding tert-OH is 1. The fourth-order valence-corrected chi connectivity index (χ4v) is 1.93. The summed E-state index contributed by atoms with van der Waals surface area (Å²) in [6.45, 7) is 0. The molecule has 0 spiro atoms. The van der Waals surface area contributed by atoms with Gasteiger partial charge in [-0.2, -0.15) is 0 Å². The molecule has 0 saturated carbocycles. The minimum absolute atomic E-state index is 1.00. The van der Waals surface area contributed by atoms with E-state index >= 15 is 0 Å². The number of hydrogen-bond donors (Lipinski definition) is 1. The molecule has 1 N–H and O–H groups in total. The largest absolute Gasteiger partial charge is 0.400 e. The Labute approximate surface area is 123 Å². The molecule has 0 aliphatic rings. The van der Waals surface area contributed by atoms with Crippen LogP contribution in [0.25, 0.3) is 0 Å². The first kappa shape index (κ1) is 14.6. The molecular weight excluding hydrogens is 264 g/mol. The van der Waals surface area contributed by atoms with Crippen molar-refractivity contribution in [3.8, 4) is 0 Å². The first-order chi connectivity index (χ1) is 10.4. The van der Waals surface area contributed by atoms with E-state index in [2.05, 4.69) is 19.9 Å². The van der Waals surface area contributed by atoms with Crippen LogP contribution in [0.3, 0.4) is 0 Å². The summed E-state index contributed by atoms with van der Waals surface area (Å²) in [5, 5.41) is 7.00. The zero-order chi connectivity index (χ0) is 14.9. The minimum atomic E-state index is 1.00. The maximum absolute atomic E-state index is 7.00. The molecule has 0 aliphatic carbocycles. The zero-order valence-electron chi connectivity index (χ0n) is 11.7. The summed E-state index contributed by atoms with van der Waals surface area (Å²) in [4.78, 5) is 14.3. The lowest BCUT2D eigenvalue weighted by Gasteiger charge is -2.24. The molecule has 0 fully saturated rings. The molecule has 0 saturated heterocycles. The van der Waals surface area contributed by atoms with Gasteiger partial charge in [-0.15, -0.1) is 0 Å². The number of nitrogens with zero attached hydrogens (tertiary/aromatic N) is 4. The Morgan fingerprint density at radius 1 is 0.571 bits per heavy atom. The van der Waals surface area contributed by atoms with Gasteiger partial charge in [-0.05, 0) is 36.4 Å². The Kier molecular flexibility index (Phi) is 5.37. The van der Waals surface area contributed by atoms with E-state index in [-0.39, 0.29) is 0 Å². The van der Waals surface area contributed by atoms with Gasteiger partial charge < -0.3 is 10.0 Å². The molecule has 106 valence electrons. The topological polar surface area (TPSA) is 62.1 Å². The van der Waals surface area contributed by atoms with Crippen molar-refractivity contribution in [2.75, 3.05) is 12.0 Å². The Morgan fingerprint density at radius 2 is 0.810 bits per heavy atom. The minimum Gasteiger partial charge on any atom is -0.400 e. The Morgan fingerprint density at radius 3 is 1.05 bits per heavy atom. The van der Waals surface area contributed by atoms with Gasteiger partial charge in [-0.1, -0.05) is 0 Å². The highest BCUT2D eigenvalue weighted by molar-refractivity contribution is 5.75. The summed E-state index contributed by atoms with van der Waals surface area (Å²) in [6, 6.07) is 11.8. The monoisotopic (exact) mass is 280 g/mol. The van der Waals surface area contributed by atoms with Crippen LogP contribution < -0.4 is 4.90 Å². The van der Waals surface area contributed by atoms with Gasteiger partial charge in [-0.3, -0.25) is 15.0 Å². The first-order valence-corrected chi connectivity index (χ1v) is 6.40. The summed E-state index contributed by atoms with van der Waals surface area (Å²) in [7, 11) is 1.00. The second-order valence-corrected chi connectivity index (χ2v) is 3.95. The average Bonchev–Trinajstić information content (AvgIpc) is 2.60. The smallest absolute Gasteiger partial charge is 0.0492 e. The normalized spacial score (nSPS) is 9.43. The molecule has 21 heavy (non-hydrogen) atoms. The second-order valence-electron chi connectivity index (χ2n) is 3.95. The highest BCUT2D eigenvalue weighted by atomic mass is 16.2. The predicted octanol–water partition coefficient (Wildman–Crippen LogP) is 2.95. The third-order valence-electron chi connectivity index (χ3n) is 2.76. The molecule has 0 amide bonds. The van der Waals surface area contributed by atoms with Gasteiger partial charge in [0.2, 0.25) is 0 Å². The van der Waals surface area contributed by atoms with Crippen LogP contribution >= 0.6 is 0 Å². The van der Waals surface area contributed by atoms with E-state index in [1.165, 1.54) is 0 Å². The number of hydrogen-bond acceptors (Lipinski definition) is 5. The van der Waals surface area contributed by atoms with Crippen molar-refractivity contribution in [3.05, 3.63) is 73.6 Å². The van der Waals surface area contributed by atoms with E-state index in [1.807, 2.05) is 36.4 Å². The summed E-state index contributed by atoms with van der Waals surface area (Å²) < 4.78 is 0. The molecule has 5 heteroatoms. The number of rotatable bonds is 3. The molecule has 3 heterocycles. The van der Waals surface area contributed by atoms with Crippen LogP contribution in [-0.2, 0) is 0 Å². The molecule has 0 bridgehead atoms. The van der Waals surface area contributed by atoms with Crippen LogP contribution in [-0.4, -0.2) is 27.2 Å². The third kappa shape index (κ3) is 3.61. The lowest BCUT2D eigenvalue weighted by molar-refractivity contribution is 0.399. The van der Waals surface area contributed by atoms with Crippen LogP contribution in [0.15, 0.2) is 73.6 Å². The SMILES string of the molecule is CO.c1cc(N(c2ccncc2)c2ccncc2)ccn1. The molecule has 0 aliphatic heterocycles. The van der Waals surface area contributed by atoms with E-state index in [0.717, 1.165) is 24.2 Å². The van der Waals surface area contributed by atoms with E-state index in [0.29, 0.717) is 0 Å². The van der Waals surface area contributed by atoms with Gasteiger partial charge in [0.1, 0.15) is 0 Å². The standard InChI is InChI=1S/C15H12N4.CH4O/c1-7-16-8-2-13(1)19(14-3-9-17-10-4-14)15-5-11-18-12-6-15;1-2/h1-12H;2H,1H3. The van der Waals surface area contributed by atoms with Crippen LogP contribution in [0, 0.1) is 0 Å². The fraction of sp³-hybridized carbons (Fsp3) is 0.0625. The van der Waals surface area contributed by atoms with Crippen molar-refractivity contribution in [3.63, 3.8) is 0 Å². The molecule has 0 radical (unpaired) electrons. The van der Waals surface area contributed by atoms with Gasteiger partial charge in [0.15, 0.2) is 0 Å². The van der Waals surface area contributed by atoms with Crippen molar-refractivity contribution >= 4 is 17.1 Å². The summed E-state index contributed by atoms with van der Waals surface area (Å²) in [5.74, 6) is 0. The van der Waals surface area contributed by atoms with Gasteiger partial charge in [0, 0.05) is 61.4 Å². The lowest BCUT2D eigenvalue weighted by atomic mass is 10.2. The quantitative estimate of drug-likeness (QED) is 0.799. The Bertz CT molecular complexity index is 538. The van der Waals surface area contributed by atoms with Crippen molar-refractivity contribution < 1.29 is 5.11 Å². The molecular formula is C16H16N4O. The van der Waals surface area contributed by atoms with E-state index in [4.69, 9.17) is 5.11 Å². The molecule has 3 aromatic rings. The molecule has 0 aromatic carbocycles. The maximum atomic E-state index is 7.00.